The number of amides is 2. The minimum absolute atomic E-state index is 0.0367. The lowest BCUT2D eigenvalue weighted by Crippen LogP contribution is -2.35. The van der Waals surface area contributed by atoms with Crippen molar-refractivity contribution in [1.29, 1.82) is 0 Å². The molecule has 0 aliphatic carbocycles. The van der Waals surface area contributed by atoms with E-state index in [9.17, 15) is 14.7 Å². The van der Waals surface area contributed by atoms with Crippen LogP contribution in [-0.4, -0.2) is 42.2 Å². The Morgan fingerprint density at radius 2 is 2.24 bits per heavy atom. The molecular weight excluding hydrogens is 270 g/mol. The van der Waals surface area contributed by atoms with Crippen LogP contribution in [0.2, 0.25) is 0 Å². The van der Waals surface area contributed by atoms with Crippen LogP contribution in [0.25, 0.3) is 0 Å². The van der Waals surface area contributed by atoms with E-state index < -0.39 is 6.10 Å². The predicted molar refractivity (Wildman–Crippen MR) is 79.2 cm³/mol. The van der Waals surface area contributed by atoms with Gasteiger partial charge in [-0.2, -0.15) is 0 Å². The molecule has 1 fully saturated rings. The molecular formula is C15H19N3O3. The van der Waals surface area contributed by atoms with Gasteiger partial charge in [0, 0.05) is 31.4 Å². The number of rotatable bonds is 2. The lowest BCUT2D eigenvalue weighted by Gasteiger charge is -2.15. The zero-order valence-electron chi connectivity index (χ0n) is 11.9. The van der Waals surface area contributed by atoms with Gasteiger partial charge in [0.05, 0.1) is 12.1 Å². The van der Waals surface area contributed by atoms with Crippen LogP contribution < -0.4 is 15.5 Å². The highest BCUT2D eigenvalue weighted by Gasteiger charge is 2.28. The molecule has 3 N–H and O–H groups in total. The number of carbonyl (C=O) groups excluding carboxylic acids is 2. The van der Waals surface area contributed by atoms with Crippen LogP contribution in [0.15, 0.2) is 18.2 Å². The molecule has 21 heavy (non-hydrogen) atoms. The molecule has 2 amide bonds. The summed E-state index contributed by atoms with van der Waals surface area (Å²) in [5, 5.41) is 15.3. The number of aliphatic hydroxyl groups is 1. The first-order valence-corrected chi connectivity index (χ1v) is 7.18. The Balaban J connectivity index is 1.70. The molecule has 0 spiro atoms. The molecule has 0 radical (unpaired) electrons. The third-order valence-corrected chi connectivity index (χ3v) is 4.05. The number of β-amino-alcohol motifs (C(OH)–C–C–N with tert-alkyl or cyclic N) is 1. The fourth-order valence-corrected chi connectivity index (χ4v) is 2.95. The van der Waals surface area contributed by atoms with Crippen molar-refractivity contribution >= 4 is 23.2 Å². The fourth-order valence-electron chi connectivity index (χ4n) is 2.95. The summed E-state index contributed by atoms with van der Waals surface area (Å²) in [5.41, 5.74) is 2.73. The number of hydrogen-bond donors (Lipinski definition) is 3. The van der Waals surface area contributed by atoms with Gasteiger partial charge in [-0.05, 0) is 36.6 Å². The smallest absolute Gasteiger partial charge is 0.241 e. The summed E-state index contributed by atoms with van der Waals surface area (Å²) in [6.07, 6.45) is 0.790. The van der Waals surface area contributed by atoms with Crippen LogP contribution >= 0.6 is 0 Å². The third-order valence-electron chi connectivity index (χ3n) is 4.05. The van der Waals surface area contributed by atoms with Crippen molar-refractivity contribution in [2.75, 3.05) is 23.3 Å². The predicted octanol–water partition coefficient (Wildman–Crippen LogP) is 0.257. The lowest BCUT2D eigenvalue weighted by atomic mass is 10.1. The zero-order chi connectivity index (χ0) is 15.0. The summed E-state index contributed by atoms with van der Waals surface area (Å²) >= 11 is 0. The molecule has 6 nitrogen and oxygen atoms in total. The molecule has 1 aromatic rings. The second kappa shape index (κ2) is 5.46. The normalized spacial score (nSPS) is 24.0. The third kappa shape index (κ3) is 2.77. The van der Waals surface area contributed by atoms with Crippen LogP contribution in [0.5, 0.6) is 0 Å². The summed E-state index contributed by atoms with van der Waals surface area (Å²) in [6, 6.07) is 5.25. The monoisotopic (exact) mass is 289 g/mol. The Morgan fingerprint density at radius 3 is 2.90 bits per heavy atom. The van der Waals surface area contributed by atoms with Crippen molar-refractivity contribution in [2.24, 2.45) is 0 Å². The molecule has 6 heteroatoms. The van der Waals surface area contributed by atoms with E-state index in [1.807, 2.05) is 18.2 Å². The van der Waals surface area contributed by atoms with Gasteiger partial charge in [0.2, 0.25) is 11.8 Å². The minimum atomic E-state index is -0.454. The summed E-state index contributed by atoms with van der Waals surface area (Å²) in [5.74, 6) is -0.0948. The first kappa shape index (κ1) is 14.0. The van der Waals surface area contributed by atoms with E-state index >= 15 is 0 Å². The number of benzene rings is 1. The summed E-state index contributed by atoms with van der Waals surface area (Å²) in [6.45, 7) is 2.70. The molecule has 3 rings (SSSR count). The topological polar surface area (TPSA) is 81.7 Å². The van der Waals surface area contributed by atoms with Crippen LogP contribution in [-0.2, 0) is 16.0 Å². The van der Waals surface area contributed by atoms with Crippen LogP contribution in [0.4, 0.5) is 11.4 Å². The number of anilines is 2. The van der Waals surface area contributed by atoms with Crippen molar-refractivity contribution in [3.05, 3.63) is 23.8 Å². The molecule has 0 aromatic heterocycles. The number of nitrogens with zero attached hydrogens (tertiary/aromatic N) is 1. The van der Waals surface area contributed by atoms with Crippen LogP contribution in [0.3, 0.4) is 0 Å². The largest absolute Gasteiger partial charge is 0.392 e. The van der Waals surface area contributed by atoms with Gasteiger partial charge in [-0.25, -0.2) is 0 Å². The second-order valence-corrected chi connectivity index (χ2v) is 5.60. The highest BCUT2D eigenvalue weighted by Crippen LogP contribution is 2.30. The van der Waals surface area contributed by atoms with E-state index in [1.54, 1.807) is 11.8 Å². The Bertz CT molecular complexity index is 588. The average molecular weight is 289 g/mol. The Hall–Kier alpha value is -1.92. The van der Waals surface area contributed by atoms with E-state index in [-0.39, 0.29) is 17.9 Å². The van der Waals surface area contributed by atoms with Gasteiger partial charge in [-0.1, -0.05) is 0 Å². The van der Waals surface area contributed by atoms with E-state index in [2.05, 4.69) is 10.6 Å². The standard InChI is InChI=1S/C15H19N3O3/c1-9(19)18-5-4-10-6-11(2-3-14(10)18)17-15(21)13-7-12(20)8-16-13/h2-3,6,12-13,16,20H,4-5,7-8H2,1H3,(H,17,21). The number of aliphatic hydroxyl groups excluding tert-OH is 1. The van der Waals surface area contributed by atoms with E-state index in [0.717, 1.165) is 23.4 Å². The van der Waals surface area contributed by atoms with Crippen molar-refractivity contribution in [3.8, 4) is 0 Å². The van der Waals surface area contributed by atoms with Gasteiger partial charge in [0.1, 0.15) is 0 Å². The minimum Gasteiger partial charge on any atom is -0.392 e. The number of carbonyl (C=O) groups is 2. The van der Waals surface area contributed by atoms with Crippen molar-refractivity contribution in [1.82, 2.24) is 5.32 Å². The first-order chi connectivity index (χ1) is 10.0. The molecule has 2 unspecified atom stereocenters. The molecule has 0 bridgehead atoms. The van der Waals surface area contributed by atoms with E-state index in [4.69, 9.17) is 0 Å². The number of fused-ring (bicyclic) bond motifs is 1. The van der Waals surface area contributed by atoms with Crippen LogP contribution in [0, 0.1) is 0 Å². The van der Waals surface area contributed by atoms with Crippen molar-refractivity contribution in [2.45, 2.75) is 31.9 Å². The molecule has 2 aliphatic heterocycles. The highest BCUT2D eigenvalue weighted by molar-refractivity contribution is 5.97. The fraction of sp³-hybridized carbons (Fsp3) is 0.467. The van der Waals surface area contributed by atoms with E-state index in [0.29, 0.717) is 19.5 Å². The Morgan fingerprint density at radius 1 is 1.43 bits per heavy atom. The summed E-state index contributed by atoms with van der Waals surface area (Å²) in [7, 11) is 0. The summed E-state index contributed by atoms with van der Waals surface area (Å²) in [4.78, 5) is 25.3. The number of nitrogens with one attached hydrogen (secondary N) is 2. The van der Waals surface area contributed by atoms with Gasteiger partial charge in [0.25, 0.3) is 0 Å². The molecule has 1 aromatic carbocycles. The Labute approximate surface area is 123 Å². The Kier molecular flexibility index (Phi) is 3.65. The number of hydrogen-bond acceptors (Lipinski definition) is 4. The zero-order valence-corrected chi connectivity index (χ0v) is 11.9. The average Bonchev–Trinajstić information content (AvgIpc) is 3.04. The highest BCUT2D eigenvalue weighted by atomic mass is 16.3. The molecule has 2 atom stereocenters. The van der Waals surface area contributed by atoms with Crippen LogP contribution in [0.1, 0.15) is 18.9 Å². The quantitative estimate of drug-likeness (QED) is 0.729. The van der Waals surface area contributed by atoms with Gasteiger partial charge in [0.15, 0.2) is 0 Å². The van der Waals surface area contributed by atoms with Gasteiger partial charge in [-0.15, -0.1) is 0 Å². The maximum Gasteiger partial charge on any atom is 0.241 e. The van der Waals surface area contributed by atoms with Crippen molar-refractivity contribution in [3.63, 3.8) is 0 Å². The molecule has 112 valence electrons. The molecule has 2 heterocycles. The second-order valence-electron chi connectivity index (χ2n) is 5.60. The van der Waals surface area contributed by atoms with Gasteiger partial charge >= 0.3 is 0 Å². The van der Waals surface area contributed by atoms with E-state index in [1.165, 1.54) is 0 Å². The maximum absolute atomic E-state index is 12.1. The van der Waals surface area contributed by atoms with Gasteiger partial charge < -0.3 is 20.6 Å². The summed E-state index contributed by atoms with van der Waals surface area (Å²) < 4.78 is 0. The SMILES string of the molecule is CC(=O)N1CCc2cc(NC(=O)C3CC(O)CN3)ccc21. The molecule has 0 saturated carbocycles. The van der Waals surface area contributed by atoms with Crippen molar-refractivity contribution < 1.29 is 14.7 Å². The first-order valence-electron chi connectivity index (χ1n) is 7.18. The molecule has 1 saturated heterocycles. The van der Waals surface area contributed by atoms with Gasteiger partial charge in [-0.3, -0.25) is 9.59 Å². The maximum atomic E-state index is 12.1. The molecule has 2 aliphatic rings. The lowest BCUT2D eigenvalue weighted by molar-refractivity contribution is -0.118.